The Labute approximate surface area is 119 Å². The number of nitrogens with zero attached hydrogens (tertiary/aromatic N) is 1. The standard InChI is InChI=1S/C16H19N3O/c1-9-5-6-13(8-10(9)2)20-16-14(15(17)18)11(3)7-12(4)19-16/h5-8H,1-4H3,(H3,17,18). The van der Waals surface area contributed by atoms with Crippen LogP contribution >= 0.6 is 0 Å². The first-order valence-corrected chi connectivity index (χ1v) is 6.46. The number of benzene rings is 1. The van der Waals surface area contributed by atoms with Gasteiger partial charge in [-0.25, -0.2) is 4.98 Å². The number of rotatable bonds is 3. The Kier molecular flexibility index (Phi) is 3.74. The third-order valence-electron chi connectivity index (χ3n) is 3.27. The average Bonchev–Trinajstić information content (AvgIpc) is 2.32. The third-order valence-corrected chi connectivity index (χ3v) is 3.27. The van der Waals surface area contributed by atoms with Gasteiger partial charge < -0.3 is 10.5 Å². The molecule has 104 valence electrons. The summed E-state index contributed by atoms with van der Waals surface area (Å²) in [5.74, 6) is 1.06. The molecule has 1 aromatic carbocycles. The van der Waals surface area contributed by atoms with E-state index >= 15 is 0 Å². The average molecular weight is 269 g/mol. The summed E-state index contributed by atoms with van der Waals surface area (Å²) >= 11 is 0. The normalized spacial score (nSPS) is 10.4. The molecule has 1 heterocycles. The first-order chi connectivity index (χ1) is 9.38. The zero-order valence-electron chi connectivity index (χ0n) is 12.2. The predicted octanol–water partition coefficient (Wildman–Crippen LogP) is 3.39. The van der Waals surface area contributed by atoms with E-state index in [1.165, 1.54) is 5.56 Å². The number of hydrogen-bond donors (Lipinski definition) is 2. The van der Waals surface area contributed by atoms with Gasteiger partial charge in [-0.2, -0.15) is 0 Å². The summed E-state index contributed by atoms with van der Waals surface area (Å²) < 4.78 is 5.84. The summed E-state index contributed by atoms with van der Waals surface area (Å²) in [5.41, 5.74) is 10.3. The topological polar surface area (TPSA) is 72.0 Å². The van der Waals surface area contributed by atoms with Crippen LogP contribution in [-0.2, 0) is 0 Å². The van der Waals surface area contributed by atoms with E-state index in [-0.39, 0.29) is 5.84 Å². The van der Waals surface area contributed by atoms with Gasteiger partial charge in [0, 0.05) is 5.69 Å². The molecule has 2 aromatic rings. The summed E-state index contributed by atoms with van der Waals surface area (Å²) in [4.78, 5) is 4.36. The van der Waals surface area contributed by atoms with Crippen molar-refractivity contribution in [2.24, 2.45) is 5.73 Å². The largest absolute Gasteiger partial charge is 0.438 e. The third kappa shape index (κ3) is 2.79. The van der Waals surface area contributed by atoms with Crippen LogP contribution in [0, 0.1) is 33.1 Å². The van der Waals surface area contributed by atoms with Crippen LogP contribution < -0.4 is 10.5 Å². The maximum atomic E-state index is 7.69. The van der Waals surface area contributed by atoms with Gasteiger partial charge in [-0.1, -0.05) is 6.07 Å². The van der Waals surface area contributed by atoms with Crippen LogP contribution in [0.4, 0.5) is 0 Å². The lowest BCUT2D eigenvalue weighted by atomic mass is 10.1. The molecule has 0 saturated carbocycles. The molecule has 0 aliphatic rings. The molecule has 0 amide bonds. The number of hydrogen-bond acceptors (Lipinski definition) is 3. The second-order valence-corrected chi connectivity index (χ2v) is 5.02. The Morgan fingerprint density at radius 3 is 2.35 bits per heavy atom. The number of nitrogens with one attached hydrogen (secondary N) is 1. The van der Waals surface area contributed by atoms with Crippen molar-refractivity contribution in [1.29, 1.82) is 5.41 Å². The van der Waals surface area contributed by atoms with Crippen LogP contribution in [0.25, 0.3) is 0 Å². The first kappa shape index (κ1) is 14.1. The van der Waals surface area contributed by atoms with E-state index in [4.69, 9.17) is 15.9 Å². The highest BCUT2D eigenvalue weighted by Crippen LogP contribution is 2.27. The Balaban J connectivity index is 2.47. The van der Waals surface area contributed by atoms with Crippen molar-refractivity contribution in [3.63, 3.8) is 0 Å². The molecule has 0 atom stereocenters. The fourth-order valence-corrected chi connectivity index (χ4v) is 2.09. The first-order valence-electron chi connectivity index (χ1n) is 6.46. The molecule has 0 unspecified atom stereocenters. The highest BCUT2D eigenvalue weighted by molar-refractivity contribution is 5.98. The van der Waals surface area contributed by atoms with Crippen molar-refractivity contribution in [3.05, 3.63) is 52.2 Å². The summed E-state index contributed by atoms with van der Waals surface area (Å²) in [7, 11) is 0. The van der Waals surface area contributed by atoms with Gasteiger partial charge in [-0.3, -0.25) is 5.41 Å². The van der Waals surface area contributed by atoms with Crippen molar-refractivity contribution in [3.8, 4) is 11.6 Å². The van der Waals surface area contributed by atoms with E-state index in [0.29, 0.717) is 17.2 Å². The molecule has 0 aliphatic heterocycles. The SMILES string of the molecule is Cc1cc(C)c(C(=N)N)c(Oc2ccc(C)c(C)c2)n1. The van der Waals surface area contributed by atoms with Crippen molar-refractivity contribution in [2.45, 2.75) is 27.7 Å². The number of nitrogens with two attached hydrogens (primary N) is 1. The van der Waals surface area contributed by atoms with Gasteiger partial charge in [0.05, 0.1) is 5.56 Å². The monoisotopic (exact) mass is 269 g/mol. The van der Waals surface area contributed by atoms with E-state index < -0.39 is 0 Å². The zero-order chi connectivity index (χ0) is 14.9. The fourth-order valence-electron chi connectivity index (χ4n) is 2.09. The van der Waals surface area contributed by atoms with Crippen LogP contribution in [0.3, 0.4) is 0 Å². The van der Waals surface area contributed by atoms with Gasteiger partial charge in [-0.05, 0) is 62.6 Å². The molecular weight excluding hydrogens is 250 g/mol. The number of ether oxygens (including phenoxy) is 1. The molecule has 4 heteroatoms. The molecule has 2 rings (SSSR count). The van der Waals surface area contributed by atoms with Gasteiger partial charge in [0.15, 0.2) is 0 Å². The minimum Gasteiger partial charge on any atom is -0.438 e. The second-order valence-electron chi connectivity index (χ2n) is 5.02. The van der Waals surface area contributed by atoms with Crippen molar-refractivity contribution in [2.75, 3.05) is 0 Å². The fraction of sp³-hybridized carbons (Fsp3) is 0.250. The molecule has 0 radical (unpaired) electrons. The van der Waals surface area contributed by atoms with E-state index in [1.807, 2.05) is 45.0 Å². The van der Waals surface area contributed by atoms with E-state index in [2.05, 4.69) is 11.9 Å². The molecule has 20 heavy (non-hydrogen) atoms. The summed E-state index contributed by atoms with van der Waals surface area (Å²) in [6.45, 7) is 7.88. The molecule has 0 fully saturated rings. The molecule has 0 saturated heterocycles. The van der Waals surface area contributed by atoms with Crippen LogP contribution in [-0.4, -0.2) is 10.8 Å². The van der Waals surface area contributed by atoms with E-state index in [0.717, 1.165) is 16.8 Å². The Morgan fingerprint density at radius 1 is 1.05 bits per heavy atom. The van der Waals surface area contributed by atoms with Crippen LogP contribution in [0.15, 0.2) is 24.3 Å². The minimum absolute atomic E-state index is 0.0335. The lowest BCUT2D eigenvalue weighted by Crippen LogP contribution is -2.15. The van der Waals surface area contributed by atoms with Crippen LogP contribution in [0.5, 0.6) is 11.6 Å². The lowest BCUT2D eigenvalue weighted by Gasteiger charge is -2.13. The summed E-state index contributed by atoms with van der Waals surface area (Å²) in [6, 6.07) is 7.74. The predicted molar refractivity (Wildman–Crippen MR) is 80.7 cm³/mol. The smallest absolute Gasteiger partial charge is 0.230 e. The van der Waals surface area contributed by atoms with Crippen LogP contribution in [0.1, 0.15) is 27.9 Å². The Hall–Kier alpha value is -2.36. The Morgan fingerprint density at radius 2 is 1.75 bits per heavy atom. The van der Waals surface area contributed by atoms with Gasteiger partial charge in [-0.15, -0.1) is 0 Å². The maximum Gasteiger partial charge on any atom is 0.230 e. The summed E-state index contributed by atoms with van der Waals surface area (Å²) in [5, 5.41) is 7.69. The van der Waals surface area contributed by atoms with Crippen LogP contribution in [0.2, 0.25) is 0 Å². The number of aryl methyl sites for hydroxylation is 4. The maximum absolute atomic E-state index is 7.69. The molecule has 0 spiro atoms. The van der Waals surface area contributed by atoms with Crippen molar-refractivity contribution < 1.29 is 4.74 Å². The minimum atomic E-state index is -0.0335. The highest BCUT2D eigenvalue weighted by atomic mass is 16.5. The molecule has 3 N–H and O–H groups in total. The molecule has 4 nitrogen and oxygen atoms in total. The number of pyridine rings is 1. The van der Waals surface area contributed by atoms with Crippen molar-refractivity contribution in [1.82, 2.24) is 4.98 Å². The zero-order valence-corrected chi connectivity index (χ0v) is 12.2. The number of amidine groups is 1. The highest BCUT2D eigenvalue weighted by Gasteiger charge is 2.14. The molecule has 1 aromatic heterocycles. The van der Waals surface area contributed by atoms with Gasteiger partial charge in [0.1, 0.15) is 11.6 Å². The number of aromatic nitrogens is 1. The van der Waals surface area contributed by atoms with E-state index in [1.54, 1.807) is 0 Å². The summed E-state index contributed by atoms with van der Waals surface area (Å²) in [6.07, 6.45) is 0. The van der Waals surface area contributed by atoms with E-state index in [9.17, 15) is 0 Å². The molecule has 0 aliphatic carbocycles. The van der Waals surface area contributed by atoms with Gasteiger partial charge in [0.25, 0.3) is 0 Å². The molecular formula is C16H19N3O. The van der Waals surface area contributed by atoms with Crippen molar-refractivity contribution >= 4 is 5.84 Å². The van der Waals surface area contributed by atoms with Gasteiger partial charge >= 0.3 is 0 Å². The molecule has 0 bridgehead atoms. The Bertz CT molecular complexity index is 678. The lowest BCUT2D eigenvalue weighted by molar-refractivity contribution is 0.459. The second kappa shape index (κ2) is 5.33. The quantitative estimate of drug-likeness (QED) is 0.662. The van der Waals surface area contributed by atoms with Gasteiger partial charge in [0.2, 0.25) is 5.88 Å². The number of nitrogen functional groups attached to an aromatic ring is 1.